The predicted octanol–water partition coefficient (Wildman–Crippen LogP) is 4.49. The zero-order chi connectivity index (χ0) is 21.7. The molecule has 30 heavy (non-hydrogen) atoms. The van der Waals surface area contributed by atoms with E-state index in [1.54, 1.807) is 17.7 Å². The van der Waals surface area contributed by atoms with Gasteiger partial charge in [0.1, 0.15) is 11.6 Å². The van der Waals surface area contributed by atoms with Gasteiger partial charge >= 0.3 is 0 Å². The SMILES string of the molecule is CCCC(=O)N(CC)C(CC)c1nc2ccccc2c(=O)n1-c1ccccc1OC. The summed E-state index contributed by atoms with van der Waals surface area (Å²) < 4.78 is 7.15. The molecule has 0 aliphatic rings. The summed E-state index contributed by atoms with van der Waals surface area (Å²) in [5, 5.41) is 0.532. The molecule has 0 saturated heterocycles. The normalized spacial score (nSPS) is 12.0. The molecule has 0 saturated carbocycles. The summed E-state index contributed by atoms with van der Waals surface area (Å²) in [4.78, 5) is 33.2. The molecule has 0 fully saturated rings. The second-order valence-corrected chi connectivity index (χ2v) is 7.15. The molecule has 6 nitrogen and oxygen atoms in total. The lowest BCUT2D eigenvalue weighted by Gasteiger charge is -2.31. The fraction of sp³-hybridized carbons (Fsp3) is 0.375. The Hall–Kier alpha value is -3.15. The molecule has 0 aliphatic heterocycles. The molecular weight excluding hydrogens is 378 g/mol. The Morgan fingerprint density at radius 2 is 1.80 bits per heavy atom. The fourth-order valence-corrected chi connectivity index (χ4v) is 3.89. The average molecular weight is 408 g/mol. The van der Waals surface area contributed by atoms with Crippen LogP contribution in [-0.2, 0) is 4.79 Å². The van der Waals surface area contributed by atoms with Crippen LogP contribution in [0.25, 0.3) is 16.6 Å². The molecule has 0 N–H and O–H groups in total. The molecule has 6 heteroatoms. The Morgan fingerprint density at radius 3 is 2.47 bits per heavy atom. The number of amides is 1. The number of fused-ring (bicyclic) bond motifs is 1. The second-order valence-electron chi connectivity index (χ2n) is 7.15. The number of para-hydroxylation sites is 3. The van der Waals surface area contributed by atoms with Crippen molar-refractivity contribution in [1.29, 1.82) is 0 Å². The highest BCUT2D eigenvalue weighted by molar-refractivity contribution is 5.79. The number of hydrogen-bond acceptors (Lipinski definition) is 4. The molecular formula is C24H29N3O3. The lowest BCUT2D eigenvalue weighted by Crippen LogP contribution is -2.38. The van der Waals surface area contributed by atoms with Crippen LogP contribution in [0.5, 0.6) is 5.75 Å². The van der Waals surface area contributed by atoms with Gasteiger partial charge in [0.05, 0.1) is 29.7 Å². The summed E-state index contributed by atoms with van der Waals surface area (Å²) >= 11 is 0. The lowest BCUT2D eigenvalue weighted by atomic mass is 10.1. The highest BCUT2D eigenvalue weighted by Crippen LogP contribution is 2.29. The van der Waals surface area contributed by atoms with Crippen molar-refractivity contribution in [1.82, 2.24) is 14.5 Å². The topological polar surface area (TPSA) is 64.4 Å². The third kappa shape index (κ3) is 3.95. The Labute approximate surface area is 177 Å². The zero-order valence-electron chi connectivity index (χ0n) is 18.1. The van der Waals surface area contributed by atoms with Crippen LogP contribution in [0.2, 0.25) is 0 Å². The average Bonchev–Trinajstić information content (AvgIpc) is 2.77. The van der Waals surface area contributed by atoms with E-state index in [1.807, 2.05) is 68.1 Å². The first-order valence-corrected chi connectivity index (χ1v) is 10.5. The van der Waals surface area contributed by atoms with Gasteiger partial charge in [0.2, 0.25) is 5.91 Å². The summed E-state index contributed by atoms with van der Waals surface area (Å²) in [7, 11) is 1.58. The van der Waals surface area contributed by atoms with Gasteiger partial charge in [-0.1, -0.05) is 38.1 Å². The maximum atomic E-state index is 13.6. The van der Waals surface area contributed by atoms with Crippen molar-refractivity contribution in [3.8, 4) is 11.4 Å². The Balaban J connectivity index is 2.34. The molecule has 1 aromatic heterocycles. The van der Waals surface area contributed by atoms with Crippen LogP contribution >= 0.6 is 0 Å². The summed E-state index contributed by atoms with van der Waals surface area (Å²) in [6.07, 6.45) is 1.89. The van der Waals surface area contributed by atoms with Crippen molar-refractivity contribution >= 4 is 16.8 Å². The number of carbonyl (C=O) groups excluding carboxylic acids is 1. The van der Waals surface area contributed by atoms with E-state index >= 15 is 0 Å². The van der Waals surface area contributed by atoms with Crippen molar-refractivity contribution in [2.45, 2.75) is 46.1 Å². The number of nitrogens with zero attached hydrogens (tertiary/aromatic N) is 3. The summed E-state index contributed by atoms with van der Waals surface area (Å²) in [5.74, 6) is 1.20. The maximum absolute atomic E-state index is 13.6. The molecule has 1 heterocycles. The van der Waals surface area contributed by atoms with Crippen LogP contribution in [0.4, 0.5) is 0 Å². The number of methoxy groups -OCH3 is 1. The van der Waals surface area contributed by atoms with Crippen LogP contribution in [0.1, 0.15) is 51.9 Å². The number of aromatic nitrogens is 2. The Bertz CT molecular complexity index is 1090. The molecule has 1 atom stereocenters. The smallest absolute Gasteiger partial charge is 0.266 e. The van der Waals surface area contributed by atoms with E-state index in [9.17, 15) is 9.59 Å². The molecule has 0 spiro atoms. The number of carbonyl (C=O) groups is 1. The van der Waals surface area contributed by atoms with Crippen LogP contribution in [0.15, 0.2) is 53.3 Å². The second kappa shape index (κ2) is 9.57. The minimum Gasteiger partial charge on any atom is -0.495 e. The fourth-order valence-electron chi connectivity index (χ4n) is 3.89. The van der Waals surface area contributed by atoms with Crippen molar-refractivity contribution in [2.24, 2.45) is 0 Å². The van der Waals surface area contributed by atoms with E-state index in [4.69, 9.17) is 9.72 Å². The molecule has 3 aromatic rings. The van der Waals surface area contributed by atoms with E-state index in [0.29, 0.717) is 47.6 Å². The minimum absolute atomic E-state index is 0.0702. The lowest BCUT2D eigenvalue weighted by molar-refractivity contribution is -0.133. The van der Waals surface area contributed by atoms with Gasteiger partial charge in [0.25, 0.3) is 5.56 Å². The molecule has 1 amide bonds. The van der Waals surface area contributed by atoms with E-state index in [-0.39, 0.29) is 17.5 Å². The highest BCUT2D eigenvalue weighted by Gasteiger charge is 2.28. The van der Waals surface area contributed by atoms with Gasteiger partial charge in [-0.2, -0.15) is 0 Å². The quantitative estimate of drug-likeness (QED) is 0.552. The van der Waals surface area contributed by atoms with Gasteiger partial charge in [-0.25, -0.2) is 4.98 Å². The molecule has 0 radical (unpaired) electrons. The minimum atomic E-state index is -0.323. The molecule has 2 aromatic carbocycles. The van der Waals surface area contributed by atoms with E-state index < -0.39 is 0 Å². The van der Waals surface area contributed by atoms with Crippen LogP contribution in [0, 0.1) is 0 Å². The standard InChI is InChI=1S/C24H29N3O3/c1-5-12-22(28)26(7-3)19(6-2)23-25-18-14-9-8-13-17(18)24(29)27(23)20-15-10-11-16-21(20)30-4/h8-11,13-16,19H,5-7,12H2,1-4H3. The predicted molar refractivity (Wildman–Crippen MR) is 119 cm³/mol. The van der Waals surface area contributed by atoms with Crippen molar-refractivity contribution < 1.29 is 9.53 Å². The summed E-state index contributed by atoms with van der Waals surface area (Å²) in [5.41, 5.74) is 1.08. The van der Waals surface area contributed by atoms with Crippen molar-refractivity contribution in [2.75, 3.05) is 13.7 Å². The van der Waals surface area contributed by atoms with Crippen molar-refractivity contribution in [3.05, 3.63) is 64.7 Å². The third-order valence-corrected chi connectivity index (χ3v) is 5.31. The largest absolute Gasteiger partial charge is 0.495 e. The van der Waals surface area contributed by atoms with Crippen LogP contribution in [0.3, 0.4) is 0 Å². The van der Waals surface area contributed by atoms with E-state index in [1.165, 1.54) is 0 Å². The monoisotopic (exact) mass is 407 g/mol. The first-order valence-electron chi connectivity index (χ1n) is 10.5. The number of hydrogen-bond donors (Lipinski definition) is 0. The Morgan fingerprint density at radius 1 is 1.10 bits per heavy atom. The molecule has 1 unspecified atom stereocenters. The number of benzene rings is 2. The Kier molecular flexibility index (Phi) is 6.87. The maximum Gasteiger partial charge on any atom is 0.266 e. The molecule has 158 valence electrons. The molecule has 0 aliphatic carbocycles. The van der Waals surface area contributed by atoms with Gasteiger partial charge in [-0.3, -0.25) is 14.2 Å². The molecule has 0 bridgehead atoms. The zero-order valence-corrected chi connectivity index (χ0v) is 18.1. The van der Waals surface area contributed by atoms with Gasteiger partial charge in [0, 0.05) is 13.0 Å². The summed E-state index contributed by atoms with van der Waals surface area (Å²) in [6, 6.07) is 14.4. The van der Waals surface area contributed by atoms with Crippen LogP contribution in [-0.4, -0.2) is 34.0 Å². The number of rotatable bonds is 8. The van der Waals surface area contributed by atoms with Gasteiger partial charge in [-0.05, 0) is 44.0 Å². The third-order valence-electron chi connectivity index (χ3n) is 5.31. The number of ether oxygens (including phenoxy) is 1. The van der Waals surface area contributed by atoms with Crippen molar-refractivity contribution in [3.63, 3.8) is 0 Å². The van der Waals surface area contributed by atoms with Gasteiger partial charge in [-0.15, -0.1) is 0 Å². The van der Waals surface area contributed by atoms with Crippen LogP contribution < -0.4 is 10.3 Å². The van der Waals surface area contributed by atoms with Gasteiger partial charge in [0.15, 0.2) is 0 Å². The van der Waals surface area contributed by atoms with Gasteiger partial charge < -0.3 is 9.64 Å². The highest BCUT2D eigenvalue weighted by atomic mass is 16.5. The first-order chi connectivity index (χ1) is 14.6. The van der Waals surface area contributed by atoms with E-state index in [2.05, 4.69) is 0 Å². The molecule has 3 rings (SSSR count). The van der Waals surface area contributed by atoms with E-state index in [0.717, 1.165) is 6.42 Å². The summed E-state index contributed by atoms with van der Waals surface area (Å²) in [6.45, 7) is 6.51. The first kappa shape index (κ1) is 21.6.